The Morgan fingerprint density at radius 2 is 1.89 bits per heavy atom. The van der Waals surface area contributed by atoms with E-state index < -0.39 is 32.9 Å². The van der Waals surface area contributed by atoms with Crippen molar-refractivity contribution < 1.29 is 17.9 Å². The molecular weight excluding hydrogens is 470 g/mol. The minimum atomic E-state index is -3.42. The molecule has 1 heterocycles. The lowest BCUT2D eigenvalue weighted by atomic mass is 10.1. The van der Waals surface area contributed by atoms with Crippen LogP contribution in [0.5, 0.6) is 0 Å². The van der Waals surface area contributed by atoms with Crippen molar-refractivity contribution in [1.29, 1.82) is 10.8 Å². The number of hydrogen-bond acceptors (Lipinski definition) is 10. The largest absolute Gasteiger partial charge is 0.405 e. The molecule has 0 aliphatic heterocycles. The second-order valence-electron chi connectivity index (χ2n) is 8.69. The molecule has 11 nitrogen and oxygen atoms in total. The first-order valence-corrected chi connectivity index (χ1v) is 12.6. The highest BCUT2D eigenvalue weighted by Crippen LogP contribution is 2.30. The van der Waals surface area contributed by atoms with Gasteiger partial charge in [0.25, 0.3) is 11.9 Å². The highest BCUT2D eigenvalue weighted by molar-refractivity contribution is 7.92. The number of ether oxygens (including phenoxy) is 1. The fourth-order valence-corrected chi connectivity index (χ4v) is 4.65. The molecule has 0 bridgehead atoms. The van der Waals surface area contributed by atoms with Crippen LogP contribution in [0.2, 0.25) is 0 Å². The standard InChI is InChI=1S/C23H29N7O4S/c1-12(2)35(32,33)16-8-6-14(7-9-16)17-11-28-20(25)19(29-17)21(26)34-23(27)30-22(31)18(24)15-5-4-13(3)10-15/h6-9,11-13,26H,4-5,10,24H2,1-3H3,(H2,25,28)(H2,27,30,31)/b18-15-,26-21?. The summed E-state index contributed by atoms with van der Waals surface area (Å²) in [5, 5.41) is 17.7. The number of hydrogen-bond donors (Lipinski definition) is 5. The van der Waals surface area contributed by atoms with Gasteiger partial charge in [0.15, 0.2) is 21.3 Å². The summed E-state index contributed by atoms with van der Waals surface area (Å²) < 4.78 is 29.8. The zero-order valence-corrected chi connectivity index (χ0v) is 20.6. The van der Waals surface area contributed by atoms with Crippen LogP contribution in [0.3, 0.4) is 0 Å². The lowest BCUT2D eigenvalue weighted by Crippen LogP contribution is -2.37. The number of rotatable bonds is 5. The van der Waals surface area contributed by atoms with Crippen molar-refractivity contribution >= 4 is 33.5 Å². The van der Waals surface area contributed by atoms with Gasteiger partial charge in [-0.15, -0.1) is 0 Å². The second kappa shape index (κ2) is 10.2. The summed E-state index contributed by atoms with van der Waals surface area (Å²) in [5.74, 6) is -0.929. The van der Waals surface area contributed by atoms with E-state index in [4.69, 9.17) is 27.0 Å². The van der Waals surface area contributed by atoms with Crippen LogP contribution in [-0.2, 0) is 19.4 Å². The normalized spacial score (nSPS) is 17.2. The molecule has 1 aliphatic carbocycles. The van der Waals surface area contributed by atoms with Gasteiger partial charge >= 0.3 is 0 Å². The molecule has 186 valence electrons. The SMILES string of the molecule is CC1CC/C(=C(/N)C(=O)NC(=N)OC(=N)c2nc(-c3ccc(S(=O)(=O)C(C)C)cc3)cnc2N)C1. The number of aromatic nitrogens is 2. The molecule has 1 atom stereocenters. The van der Waals surface area contributed by atoms with E-state index >= 15 is 0 Å². The van der Waals surface area contributed by atoms with Gasteiger partial charge < -0.3 is 16.2 Å². The number of amidine groups is 1. The van der Waals surface area contributed by atoms with E-state index in [-0.39, 0.29) is 22.1 Å². The van der Waals surface area contributed by atoms with Gasteiger partial charge in [0.2, 0.25) is 5.90 Å². The zero-order valence-electron chi connectivity index (χ0n) is 19.8. The maximum atomic E-state index is 12.3. The molecule has 2 aromatic rings. The van der Waals surface area contributed by atoms with Gasteiger partial charge in [-0.1, -0.05) is 19.1 Å². The van der Waals surface area contributed by atoms with Crippen LogP contribution in [-0.4, -0.2) is 41.5 Å². The van der Waals surface area contributed by atoms with Crippen LogP contribution in [0.1, 0.15) is 45.7 Å². The molecule has 12 heteroatoms. The molecule has 1 saturated carbocycles. The minimum absolute atomic E-state index is 0.0541. The quantitative estimate of drug-likeness (QED) is 0.234. The number of nitrogens with one attached hydrogen (secondary N) is 3. The Morgan fingerprint density at radius 1 is 1.23 bits per heavy atom. The number of nitrogen functional groups attached to an aromatic ring is 1. The van der Waals surface area contributed by atoms with E-state index in [2.05, 4.69) is 22.2 Å². The zero-order chi connectivity index (χ0) is 25.9. The predicted octanol–water partition coefficient (Wildman–Crippen LogP) is 2.33. The third-order valence-electron chi connectivity index (χ3n) is 5.71. The summed E-state index contributed by atoms with van der Waals surface area (Å²) in [7, 11) is -3.42. The van der Waals surface area contributed by atoms with Gasteiger partial charge in [-0.3, -0.25) is 20.9 Å². The van der Waals surface area contributed by atoms with E-state index in [9.17, 15) is 13.2 Å². The van der Waals surface area contributed by atoms with Crippen LogP contribution < -0.4 is 16.8 Å². The predicted molar refractivity (Wildman–Crippen MR) is 132 cm³/mol. The number of carbonyl (C=O) groups excluding carboxylic acids is 1. The van der Waals surface area contributed by atoms with Crippen molar-refractivity contribution in [3.05, 3.63) is 47.4 Å². The summed E-state index contributed by atoms with van der Waals surface area (Å²) in [5.41, 5.74) is 13.4. The molecule has 3 rings (SSSR count). The van der Waals surface area contributed by atoms with E-state index in [0.717, 1.165) is 24.8 Å². The first-order valence-electron chi connectivity index (χ1n) is 11.0. The molecule has 35 heavy (non-hydrogen) atoms. The molecule has 0 spiro atoms. The monoisotopic (exact) mass is 499 g/mol. The molecule has 1 aliphatic rings. The number of anilines is 1. The third kappa shape index (κ3) is 5.83. The Labute approximate surface area is 203 Å². The second-order valence-corrected chi connectivity index (χ2v) is 11.2. The Bertz CT molecular complexity index is 1300. The molecular formula is C23H29N7O4S. The average Bonchev–Trinajstić information content (AvgIpc) is 3.24. The Morgan fingerprint density at radius 3 is 2.46 bits per heavy atom. The first kappa shape index (κ1) is 25.8. The maximum absolute atomic E-state index is 12.3. The number of allylic oxidation sites excluding steroid dienone is 1. The molecule has 0 radical (unpaired) electrons. The smallest absolute Gasteiger partial charge is 0.295 e. The summed E-state index contributed by atoms with van der Waals surface area (Å²) in [4.78, 5) is 20.8. The molecule has 1 amide bonds. The number of carbonyl (C=O) groups is 1. The number of nitrogens with two attached hydrogens (primary N) is 2. The Balaban J connectivity index is 1.73. The van der Waals surface area contributed by atoms with Gasteiger partial charge in [0.1, 0.15) is 0 Å². The fraction of sp³-hybridized carbons (Fsp3) is 0.348. The number of nitrogens with zero attached hydrogens (tertiary/aromatic N) is 2. The molecule has 1 aromatic carbocycles. The van der Waals surface area contributed by atoms with Gasteiger partial charge in [-0.05, 0) is 56.7 Å². The van der Waals surface area contributed by atoms with Gasteiger partial charge in [-0.25, -0.2) is 18.4 Å². The van der Waals surface area contributed by atoms with Gasteiger partial charge in [0.05, 0.1) is 27.7 Å². The van der Waals surface area contributed by atoms with Crippen molar-refractivity contribution in [2.45, 2.75) is 50.2 Å². The summed E-state index contributed by atoms with van der Waals surface area (Å²) >= 11 is 0. The van der Waals surface area contributed by atoms with Gasteiger partial charge in [-0.2, -0.15) is 0 Å². The van der Waals surface area contributed by atoms with Crippen LogP contribution in [0, 0.1) is 16.7 Å². The van der Waals surface area contributed by atoms with Gasteiger partial charge in [0, 0.05) is 5.56 Å². The average molecular weight is 500 g/mol. The topological polar surface area (TPSA) is 198 Å². The van der Waals surface area contributed by atoms with E-state index in [1.165, 1.54) is 18.3 Å². The van der Waals surface area contributed by atoms with E-state index in [1.807, 2.05) is 0 Å². The Hall–Kier alpha value is -3.80. The van der Waals surface area contributed by atoms with E-state index in [0.29, 0.717) is 17.2 Å². The van der Waals surface area contributed by atoms with Crippen LogP contribution in [0.25, 0.3) is 11.3 Å². The summed E-state index contributed by atoms with van der Waals surface area (Å²) in [6.45, 7) is 5.28. The van der Waals surface area contributed by atoms with Crippen LogP contribution >= 0.6 is 0 Å². The Kier molecular flexibility index (Phi) is 7.54. The van der Waals surface area contributed by atoms with Crippen molar-refractivity contribution in [3.8, 4) is 11.3 Å². The van der Waals surface area contributed by atoms with Crippen molar-refractivity contribution in [2.24, 2.45) is 11.7 Å². The maximum Gasteiger partial charge on any atom is 0.295 e. The summed E-state index contributed by atoms with van der Waals surface area (Å²) in [6, 6.07) is 5.39. The number of amides is 1. The summed E-state index contributed by atoms with van der Waals surface area (Å²) in [6.07, 6.45) is 3.79. The lowest BCUT2D eigenvalue weighted by molar-refractivity contribution is -0.116. The third-order valence-corrected chi connectivity index (χ3v) is 7.88. The first-order chi connectivity index (χ1) is 16.4. The van der Waals surface area contributed by atoms with Crippen molar-refractivity contribution in [3.63, 3.8) is 0 Å². The molecule has 1 unspecified atom stereocenters. The van der Waals surface area contributed by atoms with Crippen molar-refractivity contribution in [2.75, 3.05) is 5.73 Å². The minimum Gasteiger partial charge on any atom is -0.405 e. The van der Waals surface area contributed by atoms with Crippen LogP contribution in [0.4, 0.5) is 5.82 Å². The molecule has 1 fully saturated rings. The highest BCUT2D eigenvalue weighted by atomic mass is 32.2. The van der Waals surface area contributed by atoms with Crippen LogP contribution in [0.15, 0.2) is 46.6 Å². The number of sulfone groups is 1. The van der Waals surface area contributed by atoms with Crippen molar-refractivity contribution in [1.82, 2.24) is 15.3 Å². The lowest BCUT2D eigenvalue weighted by Gasteiger charge is -2.12. The molecule has 1 aromatic heterocycles. The fourth-order valence-electron chi connectivity index (χ4n) is 3.59. The molecule has 7 N–H and O–H groups in total. The highest BCUT2D eigenvalue weighted by Gasteiger charge is 2.23. The van der Waals surface area contributed by atoms with E-state index in [1.54, 1.807) is 26.0 Å². The number of benzene rings is 1. The molecule has 0 saturated heterocycles.